The summed E-state index contributed by atoms with van der Waals surface area (Å²) in [6.07, 6.45) is 1.34. The van der Waals surface area contributed by atoms with E-state index in [1.54, 1.807) is 13.1 Å². The second kappa shape index (κ2) is 7.85. The molecule has 5 nitrogen and oxygen atoms in total. The fourth-order valence-electron chi connectivity index (χ4n) is 2.38. The van der Waals surface area contributed by atoms with Gasteiger partial charge in [-0.15, -0.1) is 0 Å². The lowest BCUT2D eigenvalue weighted by Gasteiger charge is -2.30. The van der Waals surface area contributed by atoms with E-state index in [9.17, 15) is 13.2 Å². The Morgan fingerprint density at radius 1 is 1.33 bits per heavy atom. The fraction of sp³-hybridized carbons (Fsp3) is 0.562. The molecular formula is C16H23F3N4O. The smallest absolute Gasteiger partial charge is 0.422 e. The first kappa shape index (κ1) is 18.5. The van der Waals surface area contributed by atoms with Crippen LogP contribution < -0.4 is 4.74 Å². The summed E-state index contributed by atoms with van der Waals surface area (Å²) in [5.41, 5.74) is 1.54. The summed E-state index contributed by atoms with van der Waals surface area (Å²) in [5.74, 6) is 0.0279. The zero-order chi connectivity index (χ0) is 17.7. The van der Waals surface area contributed by atoms with Gasteiger partial charge in [0.25, 0.3) is 0 Å². The van der Waals surface area contributed by atoms with Gasteiger partial charge in [-0.1, -0.05) is 6.08 Å². The zero-order valence-corrected chi connectivity index (χ0v) is 14.2. The molecule has 0 radical (unpaired) electrons. The maximum atomic E-state index is 12.2. The first-order valence-electron chi connectivity index (χ1n) is 7.72. The van der Waals surface area contributed by atoms with Crippen LogP contribution in [0.4, 0.5) is 13.2 Å². The molecule has 24 heavy (non-hydrogen) atoms. The Labute approximate surface area is 140 Å². The number of hydrogen-bond donors (Lipinski definition) is 0. The van der Waals surface area contributed by atoms with E-state index in [4.69, 9.17) is 4.74 Å². The number of halogens is 3. The third-order valence-electron chi connectivity index (χ3n) is 3.56. The van der Waals surface area contributed by atoms with Crippen LogP contribution in [0.3, 0.4) is 0 Å². The Morgan fingerprint density at radius 2 is 2.08 bits per heavy atom. The van der Waals surface area contributed by atoms with Crippen LogP contribution in [0.5, 0.6) is 5.88 Å². The summed E-state index contributed by atoms with van der Waals surface area (Å²) < 4.78 is 41.4. The molecule has 0 fully saturated rings. The first-order chi connectivity index (χ1) is 11.2. The van der Waals surface area contributed by atoms with Gasteiger partial charge in [-0.2, -0.15) is 13.2 Å². The highest BCUT2D eigenvalue weighted by Gasteiger charge is 2.29. The molecular weight excluding hydrogens is 321 g/mol. The van der Waals surface area contributed by atoms with E-state index < -0.39 is 12.8 Å². The van der Waals surface area contributed by atoms with Gasteiger partial charge in [-0.25, -0.2) is 9.99 Å². The van der Waals surface area contributed by atoms with Crippen molar-refractivity contribution >= 4 is 0 Å². The van der Waals surface area contributed by atoms with E-state index in [-0.39, 0.29) is 5.88 Å². The summed E-state index contributed by atoms with van der Waals surface area (Å²) in [7, 11) is 4.05. The van der Waals surface area contributed by atoms with Crippen molar-refractivity contribution in [1.82, 2.24) is 19.9 Å². The molecule has 0 atom stereocenters. The van der Waals surface area contributed by atoms with Crippen molar-refractivity contribution in [2.45, 2.75) is 19.6 Å². The first-order valence-corrected chi connectivity index (χ1v) is 7.72. The monoisotopic (exact) mass is 344 g/mol. The molecule has 1 aromatic heterocycles. The maximum absolute atomic E-state index is 12.2. The lowest BCUT2D eigenvalue weighted by Crippen LogP contribution is -2.38. The summed E-state index contributed by atoms with van der Waals surface area (Å²) >= 11 is 0. The largest absolute Gasteiger partial charge is 0.468 e. The van der Waals surface area contributed by atoms with E-state index in [0.29, 0.717) is 12.1 Å². The Balaban J connectivity index is 1.94. The van der Waals surface area contributed by atoms with Gasteiger partial charge in [-0.3, -0.25) is 0 Å². The number of hydrogen-bond acceptors (Lipinski definition) is 5. The lowest BCUT2D eigenvalue weighted by molar-refractivity contribution is -0.154. The molecule has 8 heteroatoms. The van der Waals surface area contributed by atoms with Gasteiger partial charge in [0.2, 0.25) is 5.88 Å². The predicted octanol–water partition coefficient (Wildman–Crippen LogP) is 2.44. The average Bonchev–Trinajstić information content (AvgIpc) is 2.90. The molecule has 134 valence electrons. The van der Waals surface area contributed by atoms with Gasteiger partial charge in [-0.05, 0) is 32.6 Å². The highest BCUT2D eigenvalue weighted by atomic mass is 19.4. The average molecular weight is 344 g/mol. The predicted molar refractivity (Wildman–Crippen MR) is 85.3 cm³/mol. The molecule has 1 aliphatic heterocycles. The van der Waals surface area contributed by atoms with E-state index in [0.717, 1.165) is 25.2 Å². The number of aryl methyl sites for hydroxylation is 1. The maximum Gasteiger partial charge on any atom is 0.422 e. The number of rotatable bonds is 7. The van der Waals surface area contributed by atoms with Crippen molar-refractivity contribution in [3.63, 3.8) is 0 Å². The van der Waals surface area contributed by atoms with E-state index in [2.05, 4.69) is 26.0 Å². The summed E-state index contributed by atoms with van der Waals surface area (Å²) in [6.45, 7) is 3.64. The summed E-state index contributed by atoms with van der Waals surface area (Å²) in [6, 6.07) is 1.82. The van der Waals surface area contributed by atoms with Crippen LogP contribution in [-0.2, 0) is 6.54 Å². The normalized spacial score (nSPS) is 15.5. The van der Waals surface area contributed by atoms with E-state index in [1.807, 2.05) is 26.4 Å². The van der Waals surface area contributed by atoms with Crippen LogP contribution in [0.2, 0.25) is 0 Å². The molecule has 0 aromatic carbocycles. The van der Waals surface area contributed by atoms with E-state index >= 15 is 0 Å². The quantitative estimate of drug-likeness (QED) is 0.759. The van der Waals surface area contributed by atoms with Crippen molar-refractivity contribution in [2.75, 3.05) is 40.3 Å². The van der Waals surface area contributed by atoms with Gasteiger partial charge in [0.15, 0.2) is 6.61 Å². The van der Waals surface area contributed by atoms with Crippen LogP contribution >= 0.6 is 0 Å². The third kappa shape index (κ3) is 5.68. The number of pyridine rings is 1. The third-order valence-corrected chi connectivity index (χ3v) is 3.56. The van der Waals surface area contributed by atoms with Crippen LogP contribution in [0.25, 0.3) is 0 Å². The fourth-order valence-corrected chi connectivity index (χ4v) is 2.38. The summed E-state index contributed by atoms with van der Waals surface area (Å²) in [4.78, 5) is 6.14. The standard InChI is InChI=1S/C16H23F3N4O/c1-13-9-14(10-20-15(13)24-12-16(17,18)19)11-23-6-4-5-22(23)8-7-21(2)3/h4-5,9-10H,6-8,11-12H2,1-3H3. The summed E-state index contributed by atoms with van der Waals surface area (Å²) in [5, 5.41) is 4.31. The van der Waals surface area contributed by atoms with Crippen LogP contribution in [0, 0.1) is 6.92 Å². The molecule has 0 spiro atoms. The molecule has 1 aromatic rings. The Morgan fingerprint density at radius 3 is 2.71 bits per heavy atom. The van der Waals surface area contributed by atoms with Crippen molar-refractivity contribution < 1.29 is 17.9 Å². The molecule has 0 aliphatic carbocycles. The van der Waals surface area contributed by atoms with Gasteiger partial charge < -0.3 is 14.6 Å². The molecule has 2 heterocycles. The van der Waals surface area contributed by atoms with Crippen molar-refractivity contribution in [3.05, 3.63) is 35.7 Å². The van der Waals surface area contributed by atoms with Gasteiger partial charge in [0, 0.05) is 44.1 Å². The SMILES string of the molecule is Cc1cc(CN2CC=CN2CCN(C)C)cnc1OCC(F)(F)F. The highest BCUT2D eigenvalue weighted by molar-refractivity contribution is 5.28. The molecule has 0 saturated heterocycles. The number of ether oxygens (including phenoxy) is 1. The Kier molecular flexibility index (Phi) is 6.06. The number of aromatic nitrogens is 1. The minimum absolute atomic E-state index is 0.0279. The molecule has 2 rings (SSSR count). The molecule has 0 saturated carbocycles. The molecule has 1 aliphatic rings. The van der Waals surface area contributed by atoms with Gasteiger partial charge in [0.1, 0.15) is 0 Å². The van der Waals surface area contributed by atoms with Crippen LogP contribution in [0.1, 0.15) is 11.1 Å². The number of hydrazine groups is 1. The lowest BCUT2D eigenvalue weighted by atomic mass is 10.2. The van der Waals surface area contributed by atoms with Crippen molar-refractivity contribution in [3.8, 4) is 5.88 Å². The minimum atomic E-state index is -4.36. The molecule has 0 amide bonds. The zero-order valence-electron chi connectivity index (χ0n) is 14.2. The Bertz CT molecular complexity index is 575. The van der Waals surface area contributed by atoms with Gasteiger partial charge >= 0.3 is 6.18 Å². The second-order valence-corrected chi connectivity index (χ2v) is 6.07. The van der Waals surface area contributed by atoms with E-state index in [1.165, 1.54) is 0 Å². The topological polar surface area (TPSA) is 31.8 Å². The number of alkyl halides is 3. The molecule has 0 bridgehead atoms. The van der Waals surface area contributed by atoms with Crippen LogP contribution in [0.15, 0.2) is 24.5 Å². The van der Waals surface area contributed by atoms with Crippen molar-refractivity contribution in [1.29, 1.82) is 0 Å². The molecule has 0 N–H and O–H groups in total. The molecule has 0 unspecified atom stereocenters. The number of nitrogens with zero attached hydrogens (tertiary/aromatic N) is 4. The van der Waals surface area contributed by atoms with Crippen LogP contribution in [-0.4, -0.2) is 66.4 Å². The van der Waals surface area contributed by atoms with Crippen molar-refractivity contribution in [2.24, 2.45) is 0 Å². The Hall–Kier alpha value is -1.80. The van der Waals surface area contributed by atoms with Gasteiger partial charge in [0.05, 0.1) is 0 Å². The highest BCUT2D eigenvalue weighted by Crippen LogP contribution is 2.21. The number of likely N-dealkylation sites (N-methyl/N-ethyl adjacent to an activating group) is 1. The second-order valence-electron chi connectivity index (χ2n) is 6.07. The minimum Gasteiger partial charge on any atom is -0.468 e.